The molecule has 6 nitrogen and oxygen atoms in total. The smallest absolute Gasteiger partial charge is 0.262 e. The van der Waals surface area contributed by atoms with E-state index in [9.17, 15) is 13.2 Å². The molecule has 0 radical (unpaired) electrons. The molecule has 0 saturated heterocycles. The highest BCUT2D eigenvalue weighted by molar-refractivity contribution is 7.92. The lowest BCUT2D eigenvalue weighted by atomic mass is 10.1. The summed E-state index contributed by atoms with van der Waals surface area (Å²) in [5.74, 6) is 0.0205. The molecule has 2 N–H and O–H groups in total. The van der Waals surface area contributed by atoms with Crippen LogP contribution in [0.2, 0.25) is 5.02 Å². The minimum Gasteiger partial charge on any atom is -0.482 e. The van der Waals surface area contributed by atoms with Crippen molar-refractivity contribution < 1.29 is 17.9 Å². The first-order valence-electron chi connectivity index (χ1n) is 9.11. The first-order chi connectivity index (χ1) is 14.2. The molecule has 0 aliphatic rings. The van der Waals surface area contributed by atoms with Crippen molar-refractivity contribution in [2.45, 2.75) is 18.7 Å². The second-order valence-corrected chi connectivity index (χ2v) is 8.86. The molecule has 0 heterocycles. The Morgan fingerprint density at radius 1 is 0.933 bits per heavy atom. The molecule has 1 amide bonds. The van der Waals surface area contributed by atoms with Crippen molar-refractivity contribution in [3.63, 3.8) is 0 Å². The largest absolute Gasteiger partial charge is 0.482 e. The van der Waals surface area contributed by atoms with Gasteiger partial charge < -0.3 is 10.1 Å². The summed E-state index contributed by atoms with van der Waals surface area (Å²) in [7, 11) is -3.75. The van der Waals surface area contributed by atoms with Crippen LogP contribution in [0.25, 0.3) is 0 Å². The number of para-hydroxylation sites is 1. The van der Waals surface area contributed by atoms with Crippen molar-refractivity contribution in [3.05, 3.63) is 82.9 Å². The van der Waals surface area contributed by atoms with Gasteiger partial charge in [-0.25, -0.2) is 8.42 Å². The fourth-order valence-electron chi connectivity index (χ4n) is 2.87. The van der Waals surface area contributed by atoms with Gasteiger partial charge in [0.1, 0.15) is 5.75 Å². The summed E-state index contributed by atoms with van der Waals surface area (Å²) in [6, 6.07) is 18.2. The molecule has 3 aromatic carbocycles. The van der Waals surface area contributed by atoms with Crippen molar-refractivity contribution in [1.29, 1.82) is 0 Å². The quantitative estimate of drug-likeness (QED) is 0.549. The fraction of sp³-hybridized carbons (Fsp3) is 0.136. The van der Waals surface area contributed by atoms with E-state index in [0.29, 0.717) is 22.1 Å². The van der Waals surface area contributed by atoms with Crippen LogP contribution < -0.4 is 14.8 Å². The van der Waals surface area contributed by atoms with Gasteiger partial charge in [-0.1, -0.05) is 29.8 Å². The molecular weight excluding hydrogens is 424 g/mol. The van der Waals surface area contributed by atoms with E-state index in [1.54, 1.807) is 36.4 Å². The number of anilines is 2. The highest BCUT2D eigenvalue weighted by atomic mass is 35.5. The Kier molecular flexibility index (Phi) is 6.64. The van der Waals surface area contributed by atoms with Crippen LogP contribution in [0.5, 0.6) is 5.75 Å². The molecule has 0 aliphatic heterocycles. The number of carbonyl (C=O) groups is 1. The van der Waals surface area contributed by atoms with E-state index >= 15 is 0 Å². The highest BCUT2D eigenvalue weighted by Crippen LogP contribution is 2.23. The molecule has 0 aromatic heterocycles. The third kappa shape index (κ3) is 5.75. The maximum atomic E-state index is 12.6. The molecule has 30 heavy (non-hydrogen) atoms. The molecule has 0 fully saturated rings. The number of ether oxygens (including phenoxy) is 1. The van der Waals surface area contributed by atoms with Gasteiger partial charge in [0.25, 0.3) is 15.9 Å². The van der Waals surface area contributed by atoms with Gasteiger partial charge in [-0.05, 0) is 73.5 Å². The maximum Gasteiger partial charge on any atom is 0.262 e. The minimum atomic E-state index is -3.75. The Morgan fingerprint density at radius 2 is 1.57 bits per heavy atom. The molecule has 0 saturated carbocycles. The Balaban J connectivity index is 1.62. The summed E-state index contributed by atoms with van der Waals surface area (Å²) >= 11 is 5.98. The van der Waals surface area contributed by atoms with Crippen molar-refractivity contribution in [1.82, 2.24) is 0 Å². The lowest BCUT2D eigenvalue weighted by Gasteiger charge is -2.11. The van der Waals surface area contributed by atoms with E-state index in [0.717, 1.165) is 11.1 Å². The Bertz CT molecular complexity index is 1140. The van der Waals surface area contributed by atoms with Gasteiger partial charge in [0.2, 0.25) is 0 Å². The normalized spacial score (nSPS) is 11.0. The van der Waals surface area contributed by atoms with Gasteiger partial charge in [-0.3, -0.25) is 9.52 Å². The van der Waals surface area contributed by atoms with E-state index in [4.69, 9.17) is 16.3 Å². The second-order valence-electron chi connectivity index (χ2n) is 6.77. The number of aryl methyl sites for hydroxylation is 2. The minimum absolute atomic E-state index is 0.0898. The van der Waals surface area contributed by atoms with E-state index < -0.39 is 10.0 Å². The topological polar surface area (TPSA) is 84.5 Å². The predicted octanol–water partition coefficient (Wildman–Crippen LogP) is 4.78. The lowest BCUT2D eigenvalue weighted by Crippen LogP contribution is -2.20. The summed E-state index contributed by atoms with van der Waals surface area (Å²) < 4.78 is 33.2. The van der Waals surface area contributed by atoms with Crippen LogP contribution in [0.1, 0.15) is 11.1 Å². The SMILES string of the molecule is Cc1cc(C)cc(NS(=O)(=O)c2ccc(NC(=O)COc3ccccc3Cl)cc2)c1. The average Bonchev–Trinajstić information content (AvgIpc) is 2.66. The zero-order chi connectivity index (χ0) is 21.7. The molecule has 0 atom stereocenters. The number of hydrogen-bond acceptors (Lipinski definition) is 4. The first-order valence-corrected chi connectivity index (χ1v) is 11.0. The number of rotatable bonds is 7. The summed E-state index contributed by atoms with van der Waals surface area (Å²) in [6.07, 6.45) is 0. The zero-order valence-corrected chi connectivity index (χ0v) is 18.0. The van der Waals surface area contributed by atoms with Crippen LogP contribution in [0.3, 0.4) is 0 Å². The number of amides is 1. The number of sulfonamides is 1. The number of hydrogen-bond donors (Lipinski definition) is 2. The van der Waals surface area contributed by atoms with Crippen LogP contribution in [0.4, 0.5) is 11.4 Å². The average molecular weight is 445 g/mol. The van der Waals surface area contributed by atoms with Gasteiger partial charge in [0.15, 0.2) is 6.61 Å². The van der Waals surface area contributed by atoms with Gasteiger partial charge in [0.05, 0.1) is 9.92 Å². The zero-order valence-electron chi connectivity index (χ0n) is 16.5. The van der Waals surface area contributed by atoms with Gasteiger partial charge in [-0.15, -0.1) is 0 Å². The van der Waals surface area contributed by atoms with Crippen LogP contribution in [0, 0.1) is 13.8 Å². The Labute approximate surface area is 180 Å². The van der Waals surface area contributed by atoms with Gasteiger partial charge in [0, 0.05) is 11.4 Å². The first kappa shape index (κ1) is 21.7. The molecule has 8 heteroatoms. The highest BCUT2D eigenvalue weighted by Gasteiger charge is 2.15. The number of benzene rings is 3. The third-order valence-electron chi connectivity index (χ3n) is 4.12. The molecule has 0 spiro atoms. The summed E-state index contributed by atoms with van der Waals surface area (Å²) in [6.45, 7) is 3.58. The fourth-order valence-corrected chi connectivity index (χ4v) is 4.10. The number of halogens is 1. The monoisotopic (exact) mass is 444 g/mol. The molecule has 3 aromatic rings. The maximum absolute atomic E-state index is 12.6. The van der Waals surface area contributed by atoms with E-state index in [1.165, 1.54) is 24.3 Å². The summed E-state index contributed by atoms with van der Waals surface area (Å²) in [5, 5.41) is 3.07. The number of carbonyl (C=O) groups excluding carboxylic acids is 1. The van der Waals surface area contributed by atoms with Crippen molar-refractivity contribution in [3.8, 4) is 5.75 Å². The van der Waals surface area contributed by atoms with Crippen molar-refractivity contribution >= 4 is 38.9 Å². The third-order valence-corrected chi connectivity index (χ3v) is 5.83. The molecule has 0 bridgehead atoms. The molecule has 0 aliphatic carbocycles. The lowest BCUT2D eigenvalue weighted by molar-refractivity contribution is -0.118. The van der Waals surface area contributed by atoms with Crippen LogP contribution in [-0.2, 0) is 14.8 Å². The van der Waals surface area contributed by atoms with Crippen molar-refractivity contribution in [2.75, 3.05) is 16.6 Å². The Morgan fingerprint density at radius 3 is 2.20 bits per heavy atom. The van der Waals surface area contributed by atoms with Crippen LogP contribution in [-0.4, -0.2) is 20.9 Å². The van der Waals surface area contributed by atoms with E-state index in [2.05, 4.69) is 10.0 Å². The van der Waals surface area contributed by atoms with Crippen molar-refractivity contribution in [2.24, 2.45) is 0 Å². The standard InChI is InChI=1S/C22H21ClN2O4S/c1-15-11-16(2)13-18(12-15)25-30(27,28)19-9-7-17(8-10-19)24-22(26)14-29-21-6-4-3-5-20(21)23/h3-13,25H,14H2,1-2H3,(H,24,26). The molecular formula is C22H21ClN2O4S. The van der Waals surface area contributed by atoms with Gasteiger partial charge >= 0.3 is 0 Å². The predicted molar refractivity (Wildman–Crippen MR) is 119 cm³/mol. The molecule has 0 unspecified atom stereocenters. The Hall–Kier alpha value is -3.03. The van der Waals surface area contributed by atoms with E-state index in [-0.39, 0.29) is 17.4 Å². The summed E-state index contributed by atoms with van der Waals surface area (Å²) in [4.78, 5) is 12.2. The second kappa shape index (κ2) is 9.19. The molecule has 156 valence electrons. The van der Waals surface area contributed by atoms with Crippen LogP contribution in [0.15, 0.2) is 71.6 Å². The van der Waals surface area contributed by atoms with Crippen LogP contribution >= 0.6 is 11.6 Å². The van der Waals surface area contributed by atoms with E-state index in [1.807, 2.05) is 19.9 Å². The van der Waals surface area contributed by atoms with Gasteiger partial charge in [-0.2, -0.15) is 0 Å². The number of nitrogens with one attached hydrogen (secondary N) is 2. The summed E-state index contributed by atoms with van der Waals surface area (Å²) in [5.41, 5.74) is 2.88. The molecule has 3 rings (SSSR count).